The van der Waals surface area contributed by atoms with E-state index in [2.05, 4.69) is 18.7 Å². The molecule has 0 aromatic carbocycles. The molecule has 0 amide bonds. The third kappa shape index (κ3) is 3.48. The smallest absolute Gasteiger partial charge is 0.147 e. The summed E-state index contributed by atoms with van der Waals surface area (Å²) in [6.07, 6.45) is 9.14. The van der Waals surface area contributed by atoms with Gasteiger partial charge in [0.15, 0.2) is 0 Å². The van der Waals surface area contributed by atoms with Crippen LogP contribution in [0.25, 0.3) is 10.3 Å². The van der Waals surface area contributed by atoms with Crippen molar-refractivity contribution < 1.29 is 5.11 Å². The quantitative estimate of drug-likeness (QED) is 0.818. The van der Waals surface area contributed by atoms with Crippen molar-refractivity contribution in [3.05, 3.63) is 16.5 Å². The van der Waals surface area contributed by atoms with E-state index in [1.165, 1.54) is 43.5 Å². The van der Waals surface area contributed by atoms with Gasteiger partial charge in [-0.25, -0.2) is 15.0 Å². The van der Waals surface area contributed by atoms with Gasteiger partial charge in [0.05, 0.1) is 16.8 Å². The van der Waals surface area contributed by atoms with Crippen LogP contribution in [0.3, 0.4) is 0 Å². The van der Waals surface area contributed by atoms with E-state index >= 15 is 0 Å². The third-order valence-corrected chi connectivity index (χ3v) is 8.45. The zero-order chi connectivity index (χ0) is 19.5. The monoisotopic (exact) mass is 400 g/mol. The van der Waals surface area contributed by atoms with Gasteiger partial charge in [-0.3, -0.25) is 4.90 Å². The van der Waals surface area contributed by atoms with Crippen LogP contribution in [0, 0.1) is 12.3 Å². The predicted molar refractivity (Wildman–Crippen MR) is 113 cm³/mol. The van der Waals surface area contributed by atoms with Crippen LogP contribution in [0.1, 0.15) is 87.7 Å². The van der Waals surface area contributed by atoms with E-state index in [9.17, 15) is 5.11 Å². The Bertz CT molecular complexity index is 855. The average Bonchev–Trinajstić information content (AvgIpc) is 3.14. The van der Waals surface area contributed by atoms with Crippen LogP contribution >= 0.6 is 11.3 Å². The number of hydrogen-bond acceptors (Lipinski definition) is 6. The molecule has 4 heterocycles. The Hall–Kier alpha value is -1.11. The average molecular weight is 401 g/mol. The Morgan fingerprint density at radius 3 is 2.39 bits per heavy atom. The Balaban J connectivity index is 1.42. The minimum absolute atomic E-state index is 0.123. The molecule has 0 radical (unpaired) electrons. The minimum atomic E-state index is -0.123. The highest BCUT2D eigenvalue weighted by atomic mass is 32.1. The van der Waals surface area contributed by atoms with E-state index in [0.717, 1.165) is 41.3 Å². The number of hydrogen-bond donors (Lipinski definition) is 1. The predicted octanol–water partition coefficient (Wildman–Crippen LogP) is 4.57. The van der Waals surface area contributed by atoms with Crippen molar-refractivity contribution in [2.24, 2.45) is 5.41 Å². The van der Waals surface area contributed by atoms with E-state index in [0.29, 0.717) is 23.4 Å². The number of nitrogens with zero attached hydrogens (tertiary/aromatic N) is 4. The Kier molecular flexibility index (Phi) is 4.72. The molecule has 3 aliphatic rings. The van der Waals surface area contributed by atoms with Crippen LogP contribution in [-0.2, 0) is 6.54 Å². The number of aliphatic hydroxyl groups excluding tert-OH is 1. The van der Waals surface area contributed by atoms with Crippen molar-refractivity contribution in [1.82, 2.24) is 19.9 Å². The summed E-state index contributed by atoms with van der Waals surface area (Å²) < 4.78 is 0. The molecule has 152 valence electrons. The van der Waals surface area contributed by atoms with Crippen molar-refractivity contribution in [1.29, 1.82) is 0 Å². The number of aromatic nitrogens is 3. The SMILES string of the molecule is Cc1nc(CN2[C@@H]3CC[C@H]2C[C@@H](O)C3)c2nc(C3CCC(C)(C)CC3)sc2n1. The standard InChI is InChI=1S/C22H32N4OS/c1-13-23-18(12-26-15-4-5-16(26)11-17(27)10-15)19-21(24-13)28-20(25-19)14-6-8-22(2,3)9-7-14/h14-17,27H,4-12H2,1-3H3/t15-,16+,17+. The molecular formula is C22H32N4OS. The lowest BCUT2D eigenvalue weighted by Crippen LogP contribution is -2.44. The van der Waals surface area contributed by atoms with Crippen molar-refractivity contribution in [3.8, 4) is 0 Å². The molecule has 2 bridgehead atoms. The fourth-order valence-corrected chi connectivity index (χ4v) is 6.80. The van der Waals surface area contributed by atoms with Gasteiger partial charge >= 0.3 is 0 Å². The summed E-state index contributed by atoms with van der Waals surface area (Å²) in [5.74, 6) is 1.44. The summed E-state index contributed by atoms with van der Waals surface area (Å²) in [5.41, 5.74) is 2.60. The van der Waals surface area contributed by atoms with Crippen LogP contribution in [0.15, 0.2) is 0 Å². The molecule has 0 unspecified atom stereocenters. The van der Waals surface area contributed by atoms with Gasteiger partial charge in [0.2, 0.25) is 0 Å². The highest BCUT2D eigenvalue weighted by Gasteiger charge is 2.40. The summed E-state index contributed by atoms with van der Waals surface area (Å²) in [4.78, 5) is 18.3. The molecule has 2 saturated heterocycles. The first-order valence-corrected chi connectivity index (χ1v) is 11.8. The lowest BCUT2D eigenvalue weighted by atomic mass is 9.73. The van der Waals surface area contributed by atoms with Crippen molar-refractivity contribution in [3.63, 3.8) is 0 Å². The summed E-state index contributed by atoms with van der Waals surface area (Å²) >= 11 is 1.79. The maximum Gasteiger partial charge on any atom is 0.147 e. The molecule has 5 nitrogen and oxygen atoms in total. The zero-order valence-electron chi connectivity index (χ0n) is 17.3. The van der Waals surface area contributed by atoms with Crippen molar-refractivity contribution >= 4 is 21.7 Å². The Morgan fingerprint density at radius 1 is 1.04 bits per heavy atom. The summed E-state index contributed by atoms with van der Waals surface area (Å²) in [5, 5.41) is 11.4. The van der Waals surface area contributed by atoms with Gasteiger partial charge in [0, 0.05) is 24.5 Å². The van der Waals surface area contributed by atoms with Gasteiger partial charge < -0.3 is 5.11 Å². The number of aryl methyl sites for hydroxylation is 1. The highest BCUT2D eigenvalue weighted by Crippen LogP contribution is 2.44. The summed E-state index contributed by atoms with van der Waals surface area (Å²) in [6, 6.07) is 0.996. The lowest BCUT2D eigenvalue weighted by molar-refractivity contribution is 0.0305. The van der Waals surface area contributed by atoms with Gasteiger partial charge in [-0.15, -0.1) is 0 Å². The first kappa shape index (κ1) is 18.9. The van der Waals surface area contributed by atoms with Gasteiger partial charge in [-0.05, 0) is 63.7 Å². The number of thiazole rings is 1. The van der Waals surface area contributed by atoms with Crippen LogP contribution in [0.4, 0.5) is 0 Å². The van der Waals surface area contributed by atoms with Gasteiger partial charge in [0.25, 0.3) is 0 Å². The van der Waals surface area contributed by atoms with E-state index in [4.69, 9.17) is 15.0 Å². The molecule has 3 atom stereocenters. The van der Waals surface area contributed by atoms with Gasteiger partial charge in [0.1, 0.15) is 16.2 Å². The minimum Gasteiger partial charge on any atom is -0.393 e. The second kappa shape index (κ2) is 6.99. The molecule has 5 rings (SSSR count). The Morgan fingerprint density at radius 2 is 1.71 bits per heavy atom. The number of piperidine rings is 1. The van der Waals surface area contributed by atoms with Crippen molar-refractivity contribution in [2.45, 2.75) is 103 Å². The molecule has 0 spiro atoms. The molecule has 1 aliphatic carbocycles. The number of rotatable bonds is 3. The fourth-order valence-electron chi connectivity index (χ4n) is 5.62. The summed E-state index contributed by atoms with van der Waals surface area (Å²) in [6.45, 7) is 7.62. The molecule has 1 saturated carbocycles. The van der Waals surface area contributed by atoms with Crippen LogP contribution in [0.2, 0.25) is 0 Å². The van der Waals surface area contributed by atoms with E-state index in [-0.39, 0.29) is 6.10 Å². The second-order valence-corrected chi connectivity index (χ2v) is 11.1. The molecule has 2 aromatic heterocycles. The zero-order valence-corrected chi connectivity index (χ0v) is 18.1. The fraction of sp³-hybridized carbons (Fsp3) is 0.773. The number of fused-ring (bicyclic) bond motifs is 3. The maximum atomic E-state index is 10.1. The maximum absolute atomic E-state index is 10.1. The molecular weight excluding hydrogens is 368 g/mol. The second-order valence-electron chi connectivity index (χ2n) is 10.0. The molecule has 2 aliphatic heterocycles. The van der Waals surface area contributed by atoms with E-state index < -0.39 is 0 Å². The van der Waals surface area contributed by atoms with Crippen LogP contribution in [0.5, 0.6) is 0 Å². The van der Waals surface area contributed by atoms with E-state index in [1.54, 1.807) is 11.3 Å². The molecule has 6 heteroatoms. The van der Waals surface area contributed by atoms with E-state index in [1.807, 2.05) is 6.92 Å². The topological polar surface area (TPSA) is 62.1 Å². The van der Waals surface area contributed by atoms with Gasteiger partial charge in [-0.2, -0.15) is 0 Å². The van der Waals surface area contributed by atoms with Gasteiger partial charge in [-0.1, -0.05) is 25.2 Å². The van der Waals surface area contributed by atoms with Crippen LogP contribution < -0.4 is 0 Å². The molecule has 3 fully saturated rings. The normalized spacial score (nSPS) is 30.9. The summed E-state index contributed by atoms with van der Waals surface area (Å²) in [7, 11) is 0. The lowest BCUT2D eigenvalue weighted by Gasteiger charge is -2.36. The number of aliphatic hydroxyl groups is 1. The third-order valence-electron chi connectivity index (χ3n) is 7.34. The molecule has 28 heavy (non-hydrogen) atoms. The first-order chi connectivity index (χ1) is 13.4. The molecule has 1 N–H and O–H groups in total. The highest BCUT2D eigenvalue weighted by molar-refractivity contribution is 7.18. The van der Waals surface area contributed by atoms with Crippen molar-refractivity contribution in [2.75, 3.05) is 0 Å². The van der Waals surface area contributed by atoms with Crippen LogP contribution in [-0.4, -0.2) is 43.1 Å². The molecule has 2 aromatic rings. The largest absolute Gasteiger partial charge is 0.393 e. The first-order valence-electron chi connectivity index (χ1n) is 11.0. The Labute approximate surface area is 171 Å².